The maximum absolute atomic E-state index is 12.8. The first kappa shape index (κ1) is 19.1. The van der Waals surface area contributed by atoms with E-state index in [9.17, 15) is 9.59 Å². The molecule has 0 aliphatic carbocycles. The summed E-state index contributed by atoms with van der Waals surface area (Å²) < 4.78 is 1.82. The largest absolute Gasteiger partial charge is 0.478 e. The van der Waals surface area contributed by atoms with E-state index in [0.29, 0.717) is 12.1 Å². The number of aromatic nitrogens is 2. The van der Waals surface area contributed by atoms with Gasteiger partial charge in [-0.3, -0.25) is 9.48 Å². The SMILES string of the molecule is CCc1c(C)nn(CC(=O)N2CCCC(c3ccc(C(=O)O)cc3)C2)c1C. The molecule has 6 heteroatoms. The Hall–Kier alpha value is -2.63. The molecule has 1 aromatic carbocycles. The minimum Gasteiger partial charge on any atom is -0.478 e. The molecule has 1 aliphatic heterocycles. The van der Waals surface area contributed by atoms with Crippen LogP contribution in [0.3, 0.4) is 0 Å². The summed E-state index contributed by atoms with van der Waals surface area (Å²) >= 11 is 0. The van der Waals surface area contributed by atoms with Gasteiger partial charge in [-0.05, 0) is 56.4 Å². The highest BCUT2D eigenvalue weighted by Gasteiger charge is 2.25. The molecule has 0 spiro atoms. The highest BCUT2D eigenvalue weighted by molar-refractivity contribution is 5.87. The van der Waals surface area contributed by atoms with Gasteiger partial charge in [0.25, 0.3) is 0 Å². The third-order valence-corrected chi connectivity index (χ3v) is 5.57. The maximum Gasteiger partial charge on any atom is 0.335 e. The van der Waals surface area contributed by atoms with Gasteiger partial charge in [-0.15, -0.1) is 0 Å². The number of amides is 1. The Bertz CT molecular complexity index is 839. The van der Waals surface area contributed by atoms with Crippen LogP contribution < -0.4 is 0 Å². The van der Waals surface area contributed by atoms with E-state index in [1.807, 2.05) is 35.6 Å². The monoisotopic (exact) mass is 369 g/mol. The van der Waals surface area contributed by atoms with E-state index in [4.69, 9.17) is 5.11 Å². The molecule has 1 atom stereocenters. The standard InChI is InChI=1S/C21H27N3O3/c1-4-19-14(2)22-24(15(19)3)13-20(25)23-11-5-6-18(12-23)16-7-9-17(10-8-16)21(26)27/h7-10,18H,4-6,11-13H2,1-3H3,(H,26,27). The van der Waals surface area contributed by atoms with Crippen molar-refractivity contribution < 1.29 is 14.7 Å². The van der Waals surface area contributed by atoms with E-state index in [1.54, 1.807) is 12.1 Å². The Morgan fingerprint density at radius 2 is 1.93 bits per heavy atom. The molecule has 1 aliphatic rings. The normalized spacial score (nSPS) is 17.1. The predicted molar refractivity (Wildman–Crippen MR) is 103 cm³/mol. The molecule has 1 N–H and O–H groups in total. The molecule has 3 rings (SSSR count). The molecule has 1 unspecified atom stereocenters. The van der Waals surface area contributed by atoms with Crippen molar-refractivity contribution in [3.05, 3.63) is 52.3 Å². The second kappa shape index (κ2) is 7.94. The van der Waals surface area contributed by atoms with Gasteiger partial charge < -0.3 is 10.0 Å². The quantitative estimate of drug-likeness (QED) is 0.878. The number of piperidine rings is 1. The van der Waals surface area contributed by atoms with Crippen molar-refractivity contribution in [1.29, 1.82) is 0 Å². The molecule has 0 radical (unpaired) electrons. The average Bonchev–Trinajstić information content (AvgIpc) is 2.94. The van der Waals surface area contributed by atoms with Crippen LogP contribution in [-0.4, -0.2) is 44.8 Å². The summed E-state index contributed by atoms with van der Waals surface area (Å²) in [6, 6.07) is 7.02. The van der Waals surface area contributed by atoms with Gasteiger partial charge in [-0.25, -0.2) is 4.79 Å². The van der Waals surface area contributed by atoms with Crippen LogP contribution in [-0.2, 0) is 17.8 Å². The number of carboxylic acids is 1. The molecule has 6 nitrogen and oxygen atoms in total. The number of carbonyl (C=O) groups is 2. The van der Waals surface area contributed by atoms with Crippen molar-refractivity contribution in [1.82, 2.24) is 14.7 Å². The molecule has 1 amide bonds. The number of carboxylic acid groups (broad SMARTS) is 1. The van der Waals surface area contributed by atoms with Crippen molar-refractivity contribution in [2.75, 3.05) is 13.1 Å². The van der Waals surface area contributed by atoms with Gasteiger partial charge in [0.2, 0.25) is 5.91 Å². The summed E-state index contributed by atoms with van der Waals surface area (Å²) in [5, 5.41) is 13.6. The van der Waals surface area contributed by atoms with E-state index in [1.165, 1.54) is 5.56 Å². The summed E-state index contributed by atoms with van der Waals surface area (Å²) in [5.41, 5.74) is 4.67. The smallest absolute Gasteiger partial charge is 0.335 e. The summed E-state index contributed by atoms with van der Waals surface area (Å²) in [6.07, 6.45) is 2.88. The lowest BCUT2D eigenvalue weighted by atomic mass is 9.90. The van der Waals surface area contributed by atoms with Crippen molar-refractivity contribution in [3.63, 3.8) is 0 Å². The Kier molecular flexibility index (Phi) is 5.63. The van der Waals surface area contributed by atoms with E-state index >= 15 is 0 Å². The molecule has 0 saturated carbocycles. The van der Waals surface area contributed by atoms with Gasteiger partial charge in [-0.1, -0.05) is 19.1 Å². The van der Waals surface area contributed by atoms with Crippen LogP contribution in [0.15, 0.2) is 24.3 Å². The molecular formula is C21H27N3O3. The third kappa shape index (κ3) is 4.04. The minimum atomic E-state index is -0.918. The Balaban J connectivity index is 1.68. The van der Waals surface area contributed by atoms with Crippen LogP contribution in [0, 0.1) is 13.8 Å². The number of hydrogen-bond donors (Lipinski definition) is 1. The Morgan fingerprint density at radius 3 is 2.52 bits per heavy atom. The first-order valence-corrected chi connectivity index (χ1v) is 9.54. The first-order valence-electron chi connectivity index (χ1n) is 9.54. The van der Waals surface area contributed by atoms with Crippen LogP contribution in [0.2, 0.25) is 0 Å². The molecule has 1 fully saturated rings. The number of rotatable bonds is 5. The second-order valence-electron chi connectivity index (χ2n) is 7.27. The van der Waals surface area contributed by atoms with Gasteiger partial charge >= 0.3 is 5.97 Å². The predicted octanol–water partition coefficient (Wildman–Crippen LogP) is 3.17. The molecule has 0 bridgehead atoms. The average molecular weight is 369 g/mol. The van der Waals surface area contributed by atoms with Gasteiger partial charge in [0, 0.05) is 24.7 Å². The Morgan fingerprint density at radius 1 is 1.22 bits per heavy atom. The molecule has 1 aromatic heterocycles. The van der Waals surface area contributed by atoms with Gasteiger partial charge in [0.05, 0.1) is 11.3 Å². The lowest BCUT2D eigenvalue weighted by Gasteiger charge is -2.33. The molecule has 2 aromatic rings. The third-order valence-electron chi connectivity index (χ3n) is 5.57. The van der Waals surface area contributed by atoms with Crippen LogP contribution in [0.4, 0.5) is 0 Å². The summed E-state index contributed by atoms with van der Waals surface area (Å²) in [4.78, 5) is 25.8. The molecular weight excluding hydrogens is 342 g/mol. The summed E-state index contributed by atoms with van der Waals surface area (Å²) in [5.74, 6) is -0.578. The number of carbonyl (C=O) groups excluding carboxylic acids is 1. The fourth-order valence-electron chi connectivity index (χ4n) is 4.00. The highest BCUT2D eigenvalue weighted by Crippen LogP contribution is 2.27. The van der Waals surface area contributed by atoms with Crippen molar-refractivity contribution >= 4 is 11.9 Å². The maximum atomic E-state index is 12.8. The highest BCUT2D eigenvalue weighted by atomic mass is 16.4. The van der Waals surface area contributed by atoms with E-state index in [-0.39, 0.29) is 18.4 Å². The van der Waals surface area contributed by atoms with E-state index in [0.717, 1.165) is 42.8 Å². The molecule has 27 heavy (non-hydrogen) atoms. The topological polar surface area (TPSA) is 75.4 Å². The van der Waals surface area contributed by atoms with Crippen LogP contribution >= 0.6 is 0 Å². The number of benzene rings is 1. The van der Waals surface area contributed by atoms with Crippen molar-refractivity contribution in [2.45, 2.75) is 52.5 Å². The number of likely N-dealkylation sites (tertiary alicyclic amines) is 1. The molecule has 144 valence electrons. The zero-order chi connectivity index (χ0) is 19.6. The van der Waals surface area contributed by atoms with Crippen LogP contribution in [0.25, 0.3) is 0 Å². The van der Waals surface area contributed by atoms with Crippen molar-refractivity contribution in [2.24, 2.45) is 0 Å². The molecule has 2 heterocycles. The molecule has 1 saturated heterocycles. The number of nitrogens with zero attached hydrogens (tertiary/aromatic N) is 3. The first-order chi connectivity index (χ1) is 12.9. The van der Waals surface area contributed by atoms with Gasteiger partial charge in [-0.2, -0.15) is 5.10 Å². The van der Waals surface area contributed by atoms with Gasteiger partial charge in [0.1, 0.15) is 6.54 Å². The lowest BCUT2D eigenvalue weighted by Crippen LogP contribution is -2.41. The van der Waals surface area contributed by atoms with E-state index < -0.39 is 5.97 Å². The minimum absolute atomic E-state index is 0.0927. The van der Waals surface area contributed by atoms with Crippen LogP contribution in [0.5, 0.6) is 0 Å². The van der Waals surface area contributed by atoms with E-state index in [2.05, 4.69) is 12.0 Å². The lowest BCUT2D eigenvalue weighted by molar-refractivity contribution is -0.133. The number of aryl methyl sites for hydroxylation is 1. The van der Waals surface area contributed by atoms with Gasteiger partial charge in [0.15, 0.2) is 0 Å². The van der Waals surface area contributed by atoms with Crippen molar-refractivity contribution in [3.8, 4) is 0 Å². The zero-order valence-electron chi connectivity index (χ0n) is 16.2. The summed E-state index contributed by atoms with van der Waals surface area (Å²) in [7, 11) is 0. The second-order valence-corrected chi connectivity index (χ2v) is 7.27. The zero-order valence-corrected chi connectivity index (χ0v) is 16.2. The number of hydrogen-bond acceptors (Lipinski definition) is 3. The fourth-order valence-corrected chi connectivity index (χ4v) is 4.00. The number of aromatic carboxylic acids is 1. The Labute approximate surface area is 159 Å². The van der Waals surface area contributed by atoms with Crippen LogP contribution in [0.1, 0.15) is 58.6 Å². The fraction of sp³-hybridized carbons (Fsp3) is 0.476. The summed E-state index contributed by atoms with van der Waals surface area (Å²) in [6.45, 7) is 7.83.